The van der Waals surface area contributed by atoms with E-state index in [2.05, 4.69) is 72.9 Å². The quantitative estimate of drug-likeness (QED) is 0.714. The monoisotopic (exact) mass is 361 g/mol. The number of hydrogen-bond donors (Lipinski definition) is 1. The molecule has 3 heteroatoms. The minimum Gasteiger partial charge on any atom is -0.377 e. The van der Waals surface area contributed by atoms with Gasteiger partial charge in [-0.1, -0.05) is 19.1 Å². The van der Waals surface area contributed by atoms with Gasteiger partial charge in [0.05, 0.1) is 12.7 Å². The number of hydrogen-bond acceptors (Lipinski definition) is 2. The lowest BCUT2D eigenvalue weighted by molar-refractivity contribution is 0.0613. The molecule has 0 aromatic heterocycles. The number of rotatable bonds is 8. The SMILES string of the molecule is CCCNC(COC(C)C)Cc1ccc(I)cc1. The average Bonchev–Trinajstić information content (AvgIpc) is 2.35. The lowest BCUT2D eigenvalue weighted by atomic mass is 10.1. The molecule has 1 rings (SSSR count). The summed E-state index contributed by atoms with van der Waals surface area (Å²) in [4.78, 5) is 0. The average molecular weight is 361 g/mol. The molecule has 0 fully saturated rings. The summed E-state index contributed by atoms with van der Waals surface area (Å²) in [5.74, 6) is 0. The Morgan fingerprint density at radius 3 is 2.44 bits per heavy atom. The summed E-state index contributed by atoms with van der Waals surface area (Å²) < 4.78 is 7.02. The molecule has 1 aromatic rings. The van der Waals surface area contributed by atoms with Crippen molar-refractivity contribution < 1.29 is 4.74 Å². The molecular weight excluding hydrogens is 337 g/mol. The molecule has 1 aromatic carbocycles. The number of nitrogens with one attached hydrogen (secondary N) is 1. The predicted molar refractivity (Wildman–Crippen MR) is 86.0 cm³/mol. The second-order valence-corrected chi connectivity index (χ2v) is 6.11. The van der Waals surface area contributed by atoms with E-state index >= 15 is 0 Å². The zero-order valence-electron chi connectivity index (χ0n) is 11.6. The summed E-state index contributed by atoms with van der Waals surface area (Å²) in [6.45, 7) is 8.20. The van der Waals surface area contributed by atoms with E-state index in [1.807, 2.05) is 0 Å². The van der Waals surface area contributed by atoms with Crippen molar-refractivity contribution in [1.82, 2.24) is 5.32 Å². The van der Waals surface area contributed by atoms with Crippen molar-refractivity contribution in [2.75, 3.05) is 13.2 Å². The molecule has 1 unspecified atom stereocenters. The summed E-state index contributed by atoms with van der Waals surface area (Å²) in [6, 6.07) is 9.15. The fourth-order valence-electron chi connectivity index (χ4n) is 1.75. The normalized spacial score (nSPS) is 12.9. The molecule has 0 heterocycles. The Balaban J connectivity index is 2.50. The van der Waals surface area contributed by atoms with Crippen molar-refractivity contribution in [2.24, 2.45) is 0 Å². The number of benzene rings is 1. The molecular formula is C15H24INO. The highest BCUT2D eigenvalue weighted by molar-refractivity contribution is 14.1. The molecule has 102 valence electrons. The predicted octanol–water partition coefficient (Wildman–Crippen LogP) is 3.63. The first-order valence-electron chi connectivity index (χ1n) is 6.71. The zero-order chi connectivity index (χ0) is 13.4. The Labute approximate surface area is 125 Å². The Hall–Kier alpha value is -0.130. The van der Waals surface area contributed by atoms with Gasteiger partial charge in [-0.15, -0.1) is 0 Å². The minimum atomic E-state index is 0.299. The van der Waals surface area contributed by atoms with Crippen LogP contribution >= 0.6 is 22.6 Å². The first-order valence-corrected chi connectivity index (χ1v) is 7.79. The molecule has 0 aliphatic rings. The van der Waals surface area contributed by atoms with E-state index < -0.39 is 0 Å². The van der Waals surface area contributed by atoms with Gasteiger partial charge in [0.2, 0.25) is 0 Å². The third kappa shape index (κ3) is 6.71. The maximum absolute atomic E-state index is 5.73. The fraction of sp³-hybridized carbons (Fsp3) is 0.600. The summed E-state index contributed by atoms with van der Waals surface area (Å²) in [6.07, 6.45) is 2.49. The van der Waals surface area contributed by atoms with Crippen LogP contribution in [-0.4, -0.2) is 25.3 Å². The molecule has 18 heavy (non-hydrogen) atoms. The van der Waals surface area contributed by atoms with Crippen molar-refractivity contribution >= 4 is 22.6 Å². The van der Waals surface area contributed by atoms with Crippen LogP contribution in [0.25, 0.3) is 0 Å². The van der Waals surface area contributed by atoms with E-state index in [1.165, 1.54) is 9.13 Å². The van der Waals surface area contributed by atoms with E-state index in [4.69, 9.17) is 4.74 Å². The minimum absolute atomic E-state index is 0.299. The van der Waals surface area contributed by atoms with Gasteiger partial charge in [-0.25, -0.2) is 0 Å². The first kappa shape index (κ1) is 15.9. The van der Waals surface area contributed by atoms with Crippen LogP contribution in [0.2, 0.25) is 0 Å². The molecule has 0 aliphatic carbocycles. The van der Waals surface area contributed by atoms with Crippen molar-refractivity contribution in [3.63, 3.8) is 0 Å². The van der Waals surface area contributed by atoms with Crippen LogP contribution in [0, 0.1) is 3.57 Å². The summed E-state index contributed by atoms with van der Waals surface area (Å²) in [7, 11) is 0. The lowest BCUT2D eigenvalue weighted by Crippen LogP contribution is -2.36. The highest BCUT2D eigenvalue weighted by Crippen LogP contribution is 2.09. The largest absolute Gasteiger partial charge is 0.377 e. The molecule has 0 saturated carbocycles. The standard InChI is InChI=1S/C15H24INO/c1-4-9-17-15(11-18-12(2)3)10-13-5-7-14(16)8-6-13/h5-8,12,15,17H,4,9-11H2,1-3H3. The smallest absolute Gasteiger partial charge is 0.0626 e. The number of halogens is 1. The third-order valence-electron chi connectivity index (χ3n) is 2.71. The van der Waals surface area contributed by atoms with Gasteiger partial charge in [-0.3, -0.25) is 0 Å². The van der Waals surface area contributed by atoms with Crippen LogP contribution in [0.3, 0.4) is 0 Å². The highest BCUT2D eigenvalue weighted by atomic mass is 127. The van der Waals surface area contributed by atoms with E-state index in [-0.39, 0.29) is 0 Å². The van der Waals surface area contributed by atoms with Gasteiger partial charge in [0.15, 0.2) is 0 Å². The first-order chi connectivity index (χ1) is 8.61. The van der Waals surface area contributed by atoms with Gasteiger partial charge >= 0.3 is 0 Å². The lowest BCUT2D eigenvalue weighted by Gasteiger charge is -2.20. The van der Waals surface area contributed by atoms with Crippen molar-refractivity contribution in [3.05, 3.63) is 33.4 Å². The molecule has 0 bridgehead atoms. The molecule has 1 N–H and O–H groups in total. The Morgan fingerprint density at radius 2 is 1.89 bits per heavy atom. The highest BCUT2D eigenvalue weighted by Gasteiger charge is 2.10. The van der Waals surface area contributed by atoms with E-state index in [0.717, 1.165) is 26.0 Å². The maximum Gasteiger partial charge on any atom is 0.0626 e. The molecule has 0 amide bonds. The number of ether oxygens (including phenoxy) is 1. The second-order valence-electron chi connectivity index (χ2n) is 4.86. The topological polar surface area (TPSA) is 21.3 Å². The van der Waals surface area contributed by atoms with Gasteiger partial charge in [0.25, 0.3) is 0 Å². The van der Waals surface area contributed by atoms with Gasteiger partial charge < -0.3 is 10.1 Å². The third-order valence-corrected chi connectivity index (χ3v) is 3.43. The van der Waals surface area contributed by atoms with E-state index in [1.54, 1.807) is 0 Å². The van der Waals surface area contributed by atoms with Crippen LogP contribution in [0.15, 0.2) is 24.3 Å². The zero-order valence-corrected chi connectivity index (χ0v) is 13.7. The van der Waals surface area contributed by atoms with Crippen LogP contribution in [0.1, 0.15) is 32.8 Å². The maximum atomic E-state index is 5.73. The summed E-state index contributed by atoms with van der Waals surface area (Å²) in [5.41, 5.74) is 1.37. The van der Waals surface area contributed by atoms with E-state index in [0.29, 0.717) is 12.1 Å². The van der Waals surface area contributed by atoms with Crippen LogP contribution < -0.4 is 5.32 Å². The van der Waals surface area contributed by atoms with Crippen molar-refractivity contribution in [1.29, 1.82) is 0 Å². The van der Waals surface area contributed by atoms with Crippen LogP contribution in [0.4, 0.5) is 0 Å². The molecule has 0 spiro atoms. The summed E-state index contributed by atoms with van der Waals surface area (Å²) >= 11 is 2.34. The Bertz CT molecular complexity index is 324. The van der Waals surface area contributed by atoms with Gasteiger partial charge in [0, 0.05) is 9.61 Å². The van der Waals surface area contributed by atoms with Crippen molar-refractivity contribution in [3.8, 4) is 0 Å². The molecule has 0 saturated heterocycles. The summed E-state index contributed by atoms with van der Waals surface area (Å²) in [5, 5.41) is 3.56. The van der Waals surface area contributed by atoms with Crippen LogP contribution in [-0.2, 0) is 11.2 Å². The van der Waals surface area contributed by atoms with Gasteiger partial charge in [-0.05, 0) is 73.5 Å². The van der Waals surface area contributed by atoms with Crippen molar-refractivity contribution in [2.45, 2.75) is 45.8 Å². The van der Waals surface area contributed by atoms with E-state index in [9.17, 15) is 0 Å². The van der Waals surface area contributed by atoms with Gasteiger partial charge in [0.1, 0.15) is 0 Å². The fourth-order valence-corrected chi connectivity index (χ4v) is 2.11. The van der Waals surface area contributed by atoms with Gasteiger partial charge in [-0.2, -0.15) is 0 Å². The Morgan fingerprint density at radius 1 is 1.22 bits per heavy atom. The molecule has 0 aliphatic heterocycles. The van der Waals surface area contributed by atoms with Crippen LogP contribution in [0.5, 0.6) is 0 Å². The molecule has 0 radical (unpaired) electrons. The second kappa shape index (κ2) is 8.88. The molecule has 2 nitrogen and oxygen atoms in total. The molecule has 1 atom stereocenters. The Kier molecular flexibility index (Phi) is 7.86.